The second-order valence-corrected chi connectivity index (χ2v) is 4.55. The summed E-state index contributed by atoms with van der Waals surface area (Å²) in [5.41, 5.74) is 0.768. The number of carbonyl (C=O) groups is 1. The van der Waals surface area contributed by atoms with E-state index >= 15 is 0 Å². The van der Waals surface area contributed by atoms with Gasteiger partial charge in [0, 0.05) is 5.69 Å². The average molecular weight is 218 g/mol. The molecule has 16 heavy (non-hydrogen) atoms. The maximum Gasteiger partial charge on any atom is 0.413 e. The summed E-state index contributed by atoms with van der Waals surface area (Å²) in [6.45, 7) is 7.19. The van der Waals surface area contributed by atoms with Crippen molar-refractivity contribution in [1.29, 1.82) is 0 Å². The van der Waals surface area contributed by atoms with Crippen LogP contribution in [-0.4, -0.2) is 24.5 Å². The van der Waals surface area contributed by atoms with E-state index in [0.717, 1.165) is 5.69 Å². The van der Waals surface area contributed by atoms with E-state index in [-0.39, 0.29) is 0 Å². The number of aryl methyl sites for hydroxylation is 1. The molecule has 0 aromatic carbocycles. The van der Waals surface area contributed by atoms with Gasteiger partial charge in [-0.1, -0.05) is 5.46 Å². The van der Waals surface area contributed by atoms with Crippen molar-refractivity contribution in [2.75, 3.05) is 5.32 Å². The highest BCUT2D eigenvalue weighted by molar-refractivity contribution is 6.32. The topological polar surface area (TPSA) is 51.2 Å². The van der Waals surface area contributed by atoms with Crippen molar-refractivity contribution in [2.24, 2.45) is 0 Å². The smallest absolute Gasteiger partial charge is 0.413 e. The van der Waals surface area contributed by atoms with Crippen LogP contribution in [0.1, 0.15) is 26.5 Å². The lowest BCUT2D eigenvalue weighted by Gasteiger charge is -2.19. The van der Waals surface area contributed by atoms with Gasteiger partial charge in [0.05, 0.1) is 0 Å². The number of carbonyl (C=O) groups excluding carboxylic acids is 1. The SMILES string of the molecule is [B]c1cc(C)nc(NC(=O)OC(C)(C)C)c1. The molecular weight excluding hydrogens is 203 g/mol. The van der Waals surface area contributed by atoms with E-state index in [4.69, 9.17) is 12.6 Å². The quantitative estimate of drug-likeness (QED) is 0.727. The Balaban J connectivity index is 2.70. The molecule has 0 aliphatic rings. The third-order valence-corrected chi connectivity index (χ3v) is 1.60. The highest BCUT2D eigenvalue weighted by atomic mass is 16.6. The van der Waals surface area contributed by atoms with Crippen LogP contribution >= 0.6 is 0 Å². The predicted molar refractivity (Wildman–Crippen MR) is 64.2 cm³/mol. The summed E-state index contributed by atoms with van der Waals surface area (Å²) in [6.07, 6.45) is -0.537. The van der Waals surface area contributed by atoms with Gasteiger partial charge >= 0.3 is 6.09 Å². The van der Waals surface area contributed by atoms with Crippen molar-refractivity contribution in [3.05, 3.63) is 17.8 Å². The maximum atomic E-state index is 11.4. The molecule has 1 rings (SSSR count). The van der Waals surface area contributed by atoms with Crippen LogP contribution < -0.4 is 10.8 Å². The molecule has 0 aliphatic carbocycles. The number of aromatic nitrogens is 1. The van der Waals surface area contributed by atoms with Crippen LogP contribution in [0.15, 0.2) is 12.1 Å². The summed E-state index contributed by atoms with van der Waals surface area (Å²) in [7, 11) is 5.63. The zero-order valence-corrected chi connectivity index (χ0v) is 10.00. The molecule has 0 unspecified atom stereocenters. The minimum absolute atomic E-state index is 0.395. The van der Waals surface area contributed by atoms with Crippen LogP contribution in [-0.2, 0) is 4.74 Å². The van der Waals surface area contributed by atoms with Crippen molar-refractivity contribution in [1.82, 2.24) is 4.98 Å². The molecule has 1 aromatic heterocycles. The number of nitrogens with zero attached hydrogens (tertiary/aromatic N) is 1. The Kier molecular flexibility index (Phi) is 3.57. The molecule has 0 fully saturated rings. The third-order valence-electron chi connectivity index (χ3n) is 1.60. The van der Waals surface area contributed by atoms with Crippen LogP contribution in [0, 0.1) is 6.92 Å². The first kappa shape index (κ1) is 12.6. The summed E-state index contributed by atoms with van der Waals surface area (Å²) >= 11 is 0. The zero-order chi connectivity index (χ0) is 12.3. The van der Waals surface area contributed by atoms with E-state index in [9.17, 15) is 4.79 Å². The van der Waals surface area contributed by atoms with Gasteiger partial charge in [-0.15, -0.1) is 0 Å². The summed E-state index contributed by atoms with van der Waals surface area (Å²) in [5.74, 6) is 0.395. The lowest BCUT2D eigenvalue weighted by atomic mass is 9.97. The molecule has 1 aromatic rings. The first-order chi connectivity index (χ1) is 7.26. The van der Waals surface area contributed by atoms with E-state index in [1.54, 1.807) is 39.8 Å². The molecule has 4 nitrogen and oxygen atoms in total. The number of rotatable bonds is 1. The third kappa shape index (κ3) is 4.34. The van der Waals surface area contributed by atoms with Gasteiger partial charge in [-0.3, -0.25) is 5.32 Å². The minimum Gasteiger partial charge on any atom is -0.444 e. The Labute approximate surface area is 96.8 Å². The van der Waals surface area contributed by atoms with Crippen molar-refractivity contribution in [2.45, 2.75) is 33.3 Å². The Morgan fingerprint density at radius 2 is 2.06 bits per heavy atom. The fourth-order valence-electron chi connectivity index (χ4n) is 1.17. The summed E-state index contributed by atoms with van der Waals surface area (Å²) < 4.78 is 5.09. The minimum atomic E-state index is -0.537. The van der Waals surface area contributed by atoms with Gasteiger partial charge in [0.25, 0.3) is 0 Å². The van der Waals surface area contributed by atoms with E-state index < -0.39 is 11.7 Å². The lowest BCUT2D eigenvalue weighted by molar-refractivity contribution is 0.0635. The van der Waals surface area contributed by atoms with Gasteiger partial charge in [-0.05, 0) is 39.8 Å². The number of ether oxygens (including phenoxy) is 1. The van der Waals surface area contributed by atoms with Crippen LogP contribution in [0.5, 0.6) is 0 Å². The fourth-order valence-corrected chi connectivity index (χ4v) is 1.17. The predicted octanol–water partition coefficient (Wildman–Crippen LogP) is 1.53. The van der Waals surface area contributed by atoms with Crippen molar-refractivity contribution in [3.63, 3.8) is 0 Å². The summed E-state index contributed by atoms with van der Waals surface area (Å²) in [4.78, 5) is 15.5. The second kappa shape index (κ2) is 4.55. The van der Waals surface area contributed by atoms with Gasteiger partial charge in [-0.2, -0.15) is 0 Å². The first-order valence-electron chi connectivity index (χ1n) is 5.00. The Morgan fingerprint density at radius 3 is 2.56 bits per heavy atom. The van der Waals surface area contributed by atoms with Gasteiger partial charge in [0.2, 0.25) is 0 Å². The molecule has 0 saturated carbocycles. The molecule has 0 bridgehead atoms. The van der Waals surface area contributed by atoms with E-state index in [1.165, 1.54) is 0 Å². The molecule has 84 valence electrons. The molecule has 2 radical (unpaired) electrons. The number of nitrogens with one attached hydrogen (secondary N) is 1. The Morgan fingerprint density at radius 1 is 1.44 bits per heavy atom. The first-order valence-corrected chi connectivity index (χ1v) is 5.00. The van der Waals surface area contributed by atoms with E-state index in [2.05, 4.69) is 10.3 Å². The molecule has 5 heteroatoms. The molecule has 0 aliphatic heterocycles. The van der Waals surface area contributed by atoms with Crippen LogP contribution in [0.25, 0.3) is 0 Å². The van der Waals surface area contributed by atoms with Crippen LogP contribution in [0.3, 0.4) is 0 Å². The van der Waals surface area contributed by atoms with Gasteiger partial charge < -0.3 is 4.74 Å². The van der Waals surface area contributed by atoms with Gasteiger partial charge in [0.15, 0.2) is 0 Å². The standard InChI is InChI=1S/C11H15BN2O2/c1-7-5-8(12)6-9(13-7)14-10(15)16-11(2,3)4/h5-6H,1-4H3,(H,13,14,15). The lowest BCUT2D eigenvalue weighted by Crippen LogP contribution is -2.27. The van der Waals surface area contributed by atoms with Crippen molar-refractivity contribution < 1.29 is 9.53 Å². The van der Waals surface area contributed by atoms with Crippen LogP contribution in [0.2, 0.25) is 0 Å². The van der Waals surface area contributed by atoms with Gasteiger partial charge in [-0.25, -0.2) is 9.78 Å². The number of anilines is 1. The summed E-state index contributed by atoms with van der Waals surface area (Å²) in [6, 6.07) is 3.30. The Bertz CT molecular complexity index is 379. The Hall–Kier alpha value is -1.52. The molecule has 1 N–H and O–H groups in total. The molecular formula is C11H15BN2O2. The molecule has 1 amide bonds. The van der Waals surface area contributed by atoms with E-state index in [1.807, 2.05) is 0 Å². The number of hydrogen-bond donors (Lipinski definition) is 1. The summed E-state index contributed by atoms with van der Waals surface area (Å²) in [5, 5.41) is 2.53. The largest absolute Gasteiger partial charge is 0.444 e. The van der Waals surface area contributed by atoms with Crippen molar-refractivity contribution >= 4 is 25.2 Å². The fraction of sp³-hybridized carbons (Fsp3) is 0.455. The molecule has 1 heterocycles. The van der Waals surface area contributed by atoms with Crippen molar-refractivity contribution in [3.8, 4) is 0 Å². The van der Waals surface area contributed by atoms with Crippen LogP contribution in [0.4, 0.5) is 10.6 Å². The zero-order valence-electron chi connectivity index (χ0n) is 10.00. The monoisotopic (exact) mass is 218 g/mol. The molecule has 0 atom stereocenters. The number of hydrogen-bond acceptors (Lipinski definition) is 3. The molecule has 0 spiro atoms. The number of pyridine rings is 1. The number of amides is 1. The molecule has 0 saturated heterocycles. The van der Waals surface area contributed by atoms with Gasteiger partial charge in [0.1, 0.15) is 19.3 Å². The normalized spacial score (nSPS) is 11.0. The second-order valence-electron chi connectivity index (χ2n) is 4.55. The highest BCUT2D eigenvalue weighted by Crippen LogP contribution is 2.09. The highest BCUT2D eigenvalue weighted by Gasteiger charge is 2.16. The van der Waals surface area contributed by atoms with E-state index in [0.29, 0.717) is 11.3 Å². The average Bonchev–Trinajstić information content (AvgIpc) is 1.96. The maximum absolute atomic E-state index is 11.4.